The van der Waals surface area contributed by atoms with E-state index in [-0.39, 0.29) is 6.10 Å². The van der Waals surface area contributed by atoms with Crippen molar-refractivity contribution in [3.8, 4) is 0 Å². The van der Waals surface area contributed by atoms with Gasteiger partial charge in [0.25, 0.3) is 0 Å². The predicted molar refractivity (Wildman–Crippen MR) is 46.0 cm³/mol. The molecule has 5 nitrogen and oxygen atoms in total. The largest absolute Gasteiger partial charge is 0.390 e. The van der Waals surface area contributed by atoms with Crippen LogP contribution in [0.15, 0.2) is 0 Å². The lowest BCUT2D eigenvalue weighted by Gasteiger charge is -2.35. The van der Waals surface area contributed by atoms with Gasteiger partial charge in [-0.15, -0.1) is 0 Å². The van der Waals surface area contributed by atoms with Crippen molar-refractivity contribution < 1.29 is 19.7 Å². The average molecular weight is 191 g/mol. The summed E-state index contributed by atoms with van der Waals surface area (Å²) in [6, 6.07) is 0. The standard InChI is InChI=1S/C8H17NO4/c1-5-4-6(10)7(11)8(13-5)12-3-2-9/h5-8,10-11H,2-4,9H2,1H3/t5-,6+,7-,8+/m0/s1. The van der Waals surface area contributed by atoms with Gasteiger partial charge in [-0.05, 0) is 6.92 Å². The number of rotatable bonds is 3. The van der Waals surface area contributed by atoms with Crippen LogP contribution in [-0.4, -0.2) is 48.0 Å². The molecule has 1 saturated heterocycles. The van der Waals surface area contributed by atoms with Gasteiger partial charge in [0.05, 0.1) is 18.8 Å². The van der Waals surface area contributed by atoms with Crippen LogP contribution < -0.4 is 5.73 Å². The maximum Gasteiger partial charge on any atom is 0.186 e. The molecular formula is C8H17NO4. The molecule has 1 aliphatic rings. The van der Waals surface area contributed by atoms with Gasteiger partial charge in [-0.1, -0.05) is 0 Å². The van der Waals surface area contributed by atoms with E-state index in [1.165, 1.54) is 0 Å². The molecule has 0 spiro atoms. The molecule has 0 aromatic rings. The van der Waals surface area contributed by atoms with Crippen molar-refractivity contribution in [2.24, 2.45) is 5.73 Å². The van der Waals surface area contributed by atoms with Crippen molar-refractivity contribution in [1.82, 2.24) is 0 Å². The summed E-state index contributed by atoms with van der Waals surface area (Å²) < 4.78 is 10.4. The molecule has 0 saturated carbocycles. The highest BCUT2D eigenvalue weighted by atomic mass is 16.7. The molecule has 0 radical (unpaired) electrons. The maximum absolute atomic E-state index is 9.44. The number of ether oxygens (including phenoxy) is 2. The zero-order valence-corrected chi connectivity index (χ0v) is 7.72. The Morgan fingerprint density at radius 3 is 2.85 bits per heavy atom. The van der Waals surface area contributed by atoms with Gasteiger partial charge in [0.1, 0.15) is 6.10 Å². The van der Waals surface area contributed by atoms with E-state index in [0.29, 0.717) is 19.6 Å². The molecule has 4 N–H and O–H groups in total. The Balaban J connectivity index is 2.41. The second-order valence-electron chi connectivity index (χ2n) is 3.27. The molecule has 0 aliphatic carbocycles. The molecule has 1 aliphatic heterocycles. The van der Waals surface area contributed by atoms with Crippen LogP contribution in [0.25, 0.3) is 0 Å². The highest BCUT2D eigenvalue weighted by molar-refractivity contribution is 4.79. The third-order valence-electron chi connectivity index (χ3n) is 2.01. The smallest absolute Gasteiger partial charge is 0.186 e. The third-order valence-corrected chi connectivity index (χ3v) is 2.01. The van der Waals surface area contributed by atoms with E-state index in [0.717, 1.165) is 0 Å². The molecular weight excluding hydrogens is 174 g/mol. The first kappa shape index (κ1) is 10.9. The summed E-state index contributed by atoms with van der Waals surface area (Å²) in [5, 5.41) is 18.8. The Labute approximate surface area is 77.4 Å². The topological polar surface area (TPSA) is 84.9 Å². The molecule has 0 aromatic carbocycles. The monoisotopic (exact) mass is 191 g/mol. The minimum absolute atomic E-state index is 0.0961. The summed E-state index contributed by atoms with van der Waals surface area (Å²) in [4.78, 5) is 0. The molecule has 1 heterocycles. The van der Waals surface area contributed by atoms with E-state index in [9.17, 15) is 10.2 Å². The lowest BCUT2D eigenvalue weighted by Crippen LogP contribution is -2.49. The minimum Gasteiger partial charge on any atom is -0.390 e. The number of hydrogen-bond donors (Lipinski definition) is 3. The van der Waals surface area contributed by atoms with E-state index in [2.05, 4.69) is 0 Å². The molecule has 0 aromatic heterocycles. The van der Waals surface area contributed by atoms with E-state index >= 15 is 0 Å². The Kier molecular flexibility index (Phi) is 4.08. The van der Waals surface area contributed by atoms with Gasteiger partial charge in [0, 0.05) is 13.0 Å². The summed E-state index contributed by atoms with van der Waals surface area (Å²) in [5.41, 5.74) is 5.24. The molecule has 13 heavy (non-hydrogen) atoms. The molecule has 4 atom stereocenters. The molecule has 0 amide bonds. The van der Waals surface area contributed by atoms with E-state index in [4.69, 9.17) is 15.2 Å². The van der Waals surface area contributed by atoms with Crippen LogP contribution in [0.5, 0.6) is 0 Å². The normalized spacial score (nSPS) is 40.6. The fourth-order valence-electron chi connectivity index (χ4n) is 1.35. The Morgan fingerprint density at radius 1 is 1.54 bits per heavy atom. The lowest BCUT2D eigenvalue weighted by atomic mass is 10.0. The third kappa shape index (κ3) is 2.89. The lowest BCUT2D eigenvalue weighted by molar-refractivity contribution is -0.262. The van der Waals surface area contributed by atoms with Crippen LogP contribution in [0, 0.1) is 0 Å². The molecule has 0 unspecified atom stereocenters. The van der Waals surface area contributed by atoms with Gasteiger partial charge in [0.15, 0.2) is 6.29 Å². The van der Waals surface area contributed by atoms with Crippen molar-refractivity contribution >= 4 is 0 Å². The van der Waals surface area contributed by atoms with Crippen molar-refractivity contribution in [3.63, 3.8) is 0 Å². The molecule has 1 fully saturated rings. The fraction of sp³-hybridized carbons (Fsp3) is 1.00. The van der Waals surface area contributed by atoms with Gasteiger partial charge < -0.3 is 25.4 Å². The van der Waals surface area contributed by atoms with Gasteiger partial charge in [-0.25, -0.2) is 0 Å². The second-order valence-corrected chi connectivity index (χ2v) is 3.27. The fourth-order valence-corrected chi connectivity index (χ4v) is 1.35. The Morgan fingerprint density at radius 2 is 2.23 bits per heavy atom. The van der Waals surface area contributed by atoms with Crippen LogP contribution in [-0.2, 0) is 9.47 Å². The average Bonchev–Trinajstić information content (AvgIpc) is 2.09. The predicted octanol–water partition coefficient (Wildman–Crippen LogP) is -1.18. The van der Waals surface area contributed by atoms with Crippen molar-refractivity contribution in [2.75, 3.05) is 13.2 Å². The second kappa shape index (κ2) is 4.88. The summed E-state index contributed by atoms with van der Waals surface area (Å²) in [5.74, 6) is 0. The SMILES string of the molecule is C[C@H]1C[C@@H](O)[C@H](O)[C@H](OCCN)O1. The first-order valence-corrected chi connectivity index (χ1v) is 4.48. The van der Waals surface area contributed by atoms with E-state index in [1.54, 1.807) is 0 Å². The quantitative estimate of drug-likeness (QED) is 0.523. The van der Waals surface area contributed by atoms with Gasteiger partial charge in [-0.3, -0.25) is 0 Å². The van der Waals surface area contributed by atoms with Crippen LogP contribution >= 0.6 is 0 Å². The van der Waals surface area contributed by atoms with Gasteiger partial charge in [0.2, 0.25) is 0 Å². The molecule has 78 valence electrons. The van der Waals surface area contributed by atoms with Crippen molar-refractivity contribution in [2.45, 2.75) is 37.9 Å². The van der Waals surface area contributed by atoms with Crippen molar-refractivity contribution in [1.29, 1.82) is 0 Å². The van der Waals surface area contributed by atoms with Gasteiger partial charge in [-0.2, -0.15) is 0 Å². The van der Waals surface area contributed by atoms with Crippen molar-refractivity contribution in [3.05, 3.63) is 0 Å². The summed E-state index contributed by atoms with van der Waals surface area (Å²) in [6.45, 7) is 2.52. The molecule has 5 heteroatoms. The summed E-state index contributed by atoms with van der Waals surface area (Å²) in [7, 11) is 0. The van der Waals surface area contributed by atoms with Crippen LogP contribution in [0.3, 0.4) is 0 Å². The van der Waals surface area contributed by atoms with E-state index in [1.807, 2.05) is 6.92 Å². The van der Waals surface area contributed by atoms with Crippen LogP contribution in [0.4, 0.5) is 0 Å². The number of hydrogen-bond acceptors (Lipinski definition) is 5. The van der Waals surface area contributed by atoms with E-state index < -0.39 is 18.5 Å². The highest BCUT2D eigenvalue weighted by Crippen LogP contribution is 2.20. The van der Waals surface area contributed by atoms with Crippen LogP contribution in [0.2, 0.25) is 0 Å². The zero-order chi connectivity index (χ0) is 9.84. The summed E-state index contributed by atoms with van der Waals surface area (Å²) in [6.07, 6.45) is -2.15. The highest BCUT2D eigenvalue weighted by Gasteiger charge is 2.35. The zero-order valence-electron chi connectivity index (χ0n) is 7.72. The Hall–Kier alpha value is -0.200. The molecule has 1 rings (SSSR count). The van der Waals surface area contributed by atoms with Crippen LogP contribution in [0.1, 0.15) is 13.3 Å². The van der Waals surface area contributed by atoms with Gasteiger partial charge >= 0.3 is 0 Å². The number of aliphatic hydroxyl groups excluding tert-OH is 2. The first-order valence-electron chi connectivity index (χ1n) is 4.48. The number of nitrogens with two attached hydrogens (primary N) is 1. The number of aliphatic hydroxyl groups is 2. The maximum atomic E-state index is 9.44. The minimum atomic E-state index is -0.970. The summed E-state index contributed by atoms with van der Waals surface area (Å²) >= 11 is 0. The molecule has 0 bridgehead atoms. The Bertz CT molecular complexity index is 155. The first-order chi connectivity index (χ1) is 6.15.